The summed E-state index contributed by atoms with van der Waals surface area (Å²) in [5.74, 6) is 0.979. The molecule has 1 aliphatic carbocycles. The summed E-state index contributed by atoms with van der Waals surface area (Å²) in [6.45, 7) is 2.07. The average molecular weight is 245 g/mol. The third kappa shape index (κ3) is 1.34. The van der Waals surface area contributed by atoms with Crippen LogP contribution in [0.3, 0.4) is 0 Å². The lowest BCUT2D eigenvalue weighted by atomic mass is 9.90. The molecule has 13 heavy (non-hydrogen) atoms. The van der Waals surface area contributed by atoms with Crippen LogP contribution in [-0.2, 0) is 5.60 Å². The summed E-state index contributed by atoms with van der Waals surface area (Å²) in [5.41, 5.74) is -0.748. The summed E-state index contributed by atoms with van der Waals surface area (Å²) in [7, 11) is 0. The molecule has 2 unspecified atom stereocenters. The highest BCUT2D eigenvalue weighted by atomic mass is 79.9. The maximum Gasteiger partial charge on any atom is 0.149 e. The van der Waals surface area contributed by atoms with Crippen LogP contribution in [0.5, 0.6) is 0 Å². The third-order valence-electron chi connectivity index (χ3n) is 3.02. The molecule has 1 heterocycles. The first-order valence-electron chi connectivity index (χ1n) is 4.60. The Balaban J connectivity index is 2.39. The van der Waals surface area contributed by atoms with Gasteiger partial charge in [-0.15, -0.1) is 0 Å². The fraction of sp³-hybridized carbons (Fsp3) is 0.600. The molecule has 0 spiro atoms. The molecule has 0 amide bonds. The molecule has 3 heteroatoms. The minimum atomic E-state index is -0.748. The van der Waals surface area contributed by atoms with Gasteiger partial charge in [0, 0.05) is 0 Å². The second-order valence-electron chi connectivity index (χ2n) is 3.82. The second-order valence-corrected chi connectivity index (χ2v) is 4.67. The van der Waals surface area contributed by atoms with Crippen molar-refractivity contribution in [2.24, 2.45) is 5.92 Å². The molecule has 0 saturated heterocycles. The van der Waals surface area contributed by atoms with E-state index in [2.05, 4.69) is 22.9 Å². The molecule has 2 atom stereocenters. The van der Waals surface area contributed by atoms with E-state index in [1.54, 1.807) is 6.26 Å². The Morgan fingerprint density at radius 1 is 1.69 bits per heavy atom. The van der Waals surface area contributed by atoms with Gasteiger partial charge in [-0.05, 0) is 47.2 Å². The number of halogens is 1. The van der Waals surface area contributed by atoms with Gasteiger partial charge in [0.2, 0.25) is 0 Å². The van der Waals surface area contributed by atoms with E-state index in [4.69, 9.17) is 4.42 Å². The number of furan rings is 1. The molecule has 1 aromatic rings. The quantitative estimate of drug-likeness (QED) is 0.824. The van der Waals surface area contributed by atoms with E-state index >= 15 is 0 Å². The molecular weight excluding hydrogens is 232 g/mol. The fourth-order valence-electron chi connectivity index (χ4n) is 2.10. The van der Waals surface area contributed by atoms with Crippen molar-refractivity contribution in [2.45, 2.75) is 31.8 Å². The summed E-state index contributed by atoms with van der Waals surface area (Å²) < 4.78 is 6.20. The van der Waals surface area contributed by atoms with Crippen LogP contribution in [-0.4, -0.2) is 5.11 Å². The Labute approximate surface area is 86.1 Å². The normalized spacial score (nSPS) is 33.9. The van der Waals surface area contributed by atoms with Gasteiger partial charge >= 0.3 is 0 Å². The molecule has 2 nitrogen and oxygen atoms in total. The fourth-order valence-corrected chi connectivity index (χ4v) is 2.65. The Morgan fingerprint density at radius 2 is 2.46 bits per heavy atom. The average Bonchev–Trinajstić information content (AvgIpc) is 2.62. The summed E-state index contributed by atoms with van der Waals surface area (Å²) in [4.78, 5) is 0. The van der Waals surface area contributed by atoms with Crippen molar-refractivity contribution in [1.82, 2.24) is 0 Å². The van der Waals surface area contributed by atoms with E-state index in [0.29, 0.717) is 5.76 Å². The van der Waals surface area contributed by atoms with Gasteiger partial charge in [-0.25, -0.2) is 0 Å². The smallest absolute Gasteiger partial charge is 0.149 e. The minimum absolute atomic E-state index is 0.287. The van der Waals surface area contributed by atoms with Crippen LogP contribution in [0.25, 0.3) is 0 Å². The summed E-state index contributed by atoms with van der Waals surface area (Å²) in [6.07, 6.45) is 4.57. The topological polar surface area (TPSA) is 33.4 Å². The third-order valence-corrected chi connectivity index (χ3v) is 3.65. The standard InChI is InChI=1S/C10H13BrO2/c1-7-3-2-5-10(7,12)9-8(11)4-6-13-9/h4,6-7,12H,2-3,5H2,1H3. The number of aliphatic hydroxyl groups is 1. The maximum atomic E-state index is 10.4. The first-order valence-corrected chi connectivity index (χ1v) is 5.40. The molecule has 0 bridgehead atoms. The summed E-state index contributed by atoms with van der Waals surface area (Å²) in [5, 5.41) is 10.4. The summed E-state index contributed by atoms with van der Waals surface area (Å²) in [6, 6.07) is 1.83. The van der Waals surface area contributed by atoms with Crippen LogP contribution in [0.1, 0.15) is 31.9 Å². The molecule has 2 rings (SSSR count). The Bertz CT molecular complexity index is 308. The molecule has 1 N–H and O–H groups in total. The van der Waals surface area contributed by atoms with E-state index in [0.717, 1.165) is 23.7 Å². The molecule has 1 saturated carbocycles. The van der Waals surface area contributed by atoms with Crippen LogP contribution in [0, 0.1) is 5.92 Å². The Hall–Kier alpha value is -0.280. The first-order chi connectivity index (χ1) is 6.14. The largest absolute Gasteiger partial charge is 0.465 e. The van der Waals surface area contributed by atoms with E-state index in [9.17, 15) is 5.11 Å². The Kier molecular flexibility index (Phi) is 2.24. The highest BCUT2D eigenvalue weighted by Crippen LogP contribution is 2.45. The Morgan fingerprint density at radius 3 is 2.92 bits per heavy atom. The van der Waals surface area contributed by atoms with Crippen molar-refractivity contribution in [1.29, 1.82) is 0 Å². The monoisotopic (exact) mass is 244 g/mol. The number of hydrogen-bond donors (Lipinski definition) is 1. The lowest BCUT2D eigenvalue weighted by molar-refractivity contribution is -0.0164. The molecule has 1 aliphatic rings. The lowest BCUT2D eigenvalue weighted by Crippen LogP contribution is -2.28. The molecule has 0 aliphatic heterocycles. The van der Waals surface area contributed by atoms with Crippen LogP contribution < -0.4 is 0 Å². The molecular formula is C10H13BrO2. The van der Waals surface area contributed by atoms with E-state index < -0.39 is 5.60 Å². The van der Waals surface area contributed by atoms with Gasteiger partial charge in [0.15, 0.2) is 0 Å². The van der Waals surface area contributed by atoms with E-state index in [-0.39, 0.29) is 5.92 Å². The van der Waals surface area contributed by atoms with E-state index in [1.165, 1.54) is 0 Å². The van der Waals surface area contributed by atoms with Crippen molar-refractivity contribution >= 4 is 15.9 Å². The zero-order valence-electron chi connectivity index (χ0n) is 7.59. The van der Waals surface area contributed by atoms with Gasteiger partial charge in [0.25, 0.3) is 0 Å². The molecule has 0 aromatic carbocycles. The zero-order chi connectivity index (χ0) is 9.47. The highest BCUT2D eigenvalue weighted by molar-refractivity contribution is 9.10. The predicted octanol–water partition coefficient (Wildman–Crippen LogP) is 3.05. The van der Waals surface area contributed by atoms with Gasteiger partial charge in [-0.2, -0.15) is 0 Å². The lowest BCUT2D eigenvalue weighted by Gasteiger charge is -2.25. The predicted molar refractivity (Wildman–Crippen MR) is 53.3 cm³/mol. The van der Waals surface area contributed by atoms with Crippen LogP contribution in [0.4, 0.5) is 0 Å². The molecule has 0 radical (unpaired) electrons. The summed E-state index contributed by atoms with van der Waals surface area (Å²) >= 11 is 3.39. The number of rotatable bonds is 1. The zero-order valence-corrected chi connectivity index (χ0v) is 9.17. The van der Waals surface area contributed by atoms with Crippen molar-refractivity contribution < 1.29 is 9.52 Å². The van der Waals surface area contributed by atoms with Crippen LogP contribution >= 0.6 is 15.9 Å². The second kappa shape index (κ2) is 3.14. The van der Waals surface area contributed by atoms with Crippen molar-refractivity contribution in [3.05, 3.63) is 22.6 Å². The SMILES string of the molecule is CC1CCCC1(O)c1occc1Br. The van der Waals surface area contributed by atoms with Gasteiger partial charge in [-0.3, -0.25) is 0 Å². The highest BCUT2D eigenvalue weighted by Gasteiger charge is 2.43. The van der Waals surface area contributed by atoms with Crippen molar-refractivity contribution in [2.75, 3.05) is 0 Å². The van der Waals surface area contributed by atoms with E-state index in [1.807, 2.05) is 6.07 Å². The van der Waals surface area contributed by atoms with Gasteiger partial charge in [0.1, 0.15) is 11.4 Å². The van der Waals surface area contributed by atoms with Gasteiger partial charge < -0.3 is 9.52 Å². The van der Waals surface area contributed by atoms with Crippen molar-refractivity contribution in [3.63, 3.8) is 0 Å². The maximum absolute atomic E-state index is 10.4. The minimum Gasteiger partial charge on any atom is -0.465 e. The number of hydrogen-bond acceptors (Lipinski definition) is 2. The molecule has 72 valence electrons. The van der Waals surface area contributed by atoms with Crippen LogP contribution in [0.2, 0.25) is 0 Å². The first kappa shape index (κ1) is 9.28. The van der Waals surface area contributed by atoms with Crippen molar-refractivity contribution in [3.8, 4) is 0 Å². The molecule has 1 aromatic heterocycles. The van der Waals surface area contributed by atoms with Gasteiger partial charge in [-0.1, -0.05) is 6.92 Å². The van der Waals surface area contributed by atoms with Gasteiger partial charge in [0.05, 0.1) is 10.7 Å². The molecule has 1 fully saturated rings. The van der Waals surface area contributed by atoms with Crippen LogP contribution in [0.15, 0.2) is 21.2 Å².